The highest BCUT2D eigenvalue weighted by molar-refractivity contribution is 6.90. The van der Waals surface area contributed by atoms with E-state index in [-0.39, 0.29) is 55.2 Å². The minimum absolute atomic E-state index is 0.000607. The molecule has 0 spiro atoms. The average molecular weight is 942 g/mol. The lowest BCUT2D eigenvalue weighted by Gasteiger charge is -2.42. The molecule has 5 aliphatic rings. The van der Waals surface area contributed by atoms with E-state index in [9.17, 15) is 9.18 Å². The Balaban J connectivity index is 1.19. The first-order valence-corrected chi connectivity index (χ1v) is 26.8. The second-order valence-corrected chi connectivity index (χ2v) is 27.2. The molecule has 13 nitrogen and oxygen atoms in total. The first-order chi connectivity index (χ1) is 31.9. The third kappa shape index (κ3) is 8.82. The van der Waals surface area contributed by atoms with Gasteiger partial charge in [-0.3, -0.25) is 14.4 Å². The van der Waals surface area contributed by atoms with Crippen molar-refractivity contribution in [2.24, 2.45) is 0 Å². The first-order valence-electron chi connectivity index (χ1n) is 24.6. The van der Waals surface area contributed by atoms with E-state index in [1.54, 1.807) is 19.2 Å². The Hall–Kier alpha value is -4.72. The Labute approximate surface area is 395 Å². The molecule has 0 radical (unpaired) electrons. The first kappa shape index (κ1) is 47.3. The molecule has 2 aromatic carbocycles. The number of carbonyl (C=O) groups is 1. The maximum absolute atomic E-state index is 16.5. The topological polar surface area (TPSA) is 117 Å². The molecular weight excluding hydrogens is 873 g/mol. The van der Waals surface area contributed by atoms with Gasteiger partial charge in [0.15, 0.2) is 18.3 Å². The van der Waals surface area contributed by atoms with Gasteiger partial charge in [0.05, 0.1) is 23.2 Å². The van der Waals surface area contributed by atoms with E-state index in [1.807, 2.05) is 31.7 Å². The fraction of sp³-hybridized carbons (Fsp3) is 0.647. The summed E-state index contributed by atoms with van der Waals surface area (Å²) in [5, 5.41) is 1.22. The molecule has 6 heterocycles. The van der Waals surface area contributed by atoms with Crippen molar-refractivity contribution < 1.29 is 37.3 Å². The van der Waals surface area contributed by atoms with E-state index in [0.29, 0.717) is 81.9 Å². The van der Waals surface area contributed by atoms with Crippen molar-refractivity contribution in [2.75, 3.05) is 51.6 Å². The zero-order valence-electron chi connectivity index (χ0n) is 41.1. The van der Waals surface area contributed by atoms with Crippen LogP contribution in [0.15, 0.2) is 24.3 Å². The van der Waals surface area contributed by atoms with E-state index in [1.165, 1.54) is 6.07 Å². The minimum Gasteiger partial charge on any atom is -0.467 e. The van der Waals surface area contributed by atoms with E-state index in [0.717, 1.165) is 51.5 Å². The lowest BCUT2D eigenvalue weighted by atomic mass is 9.93. The van der Waals surface area contributed by atoms with Crippen LogP contribution in [0.4, 0.5) is 19.4 Å². The van der Waals surface area contributed by atoms with Gasteiger partial charge in [-0.1, -0.05) is 53.5 Å². The van der Waals surface area contributed by atoms with Gasteiger partial charge in [0.2, 0.25) is 0 Å². The number of hydrogen-bond acceptors (Lipinski definition) is 11. The van der Waals surface area contributed by atoms with Crippen LogP contribution in [-0.4, -0.2) is 120 Å². The molecule has 2 unspecified atom stereocenters. The average Bonchev–Trinajstić information content (AvgIpc) is 3.95. The van der Waals surface area contributed by atoms with Gasteiger partial charge in [0.25, 0.3) is 0 Å². The number of ether oxygens (including phenoxy) is 5. The molecule has 0 N–H and O–H groups in total. The van der Waals surface area contributed by atoms with Gasteiger partial charge >= 0.3 is 18.1 Å². The molecule has 9 rings (SSSR count). The summed E-state index contributed by atoms with van der Waals surface area (Å²) in [7, 11) is -0.713. The summed E-state index contributed by atoms with van der Waals surface area (Å²) in [5.41, 5.74) is 5.12. The van der Waals surface area contributed by atoms with Crippen molar-refractivity contribution in [3.8, 4) is 35.0 Å². The number of anilines is 1. The molecule has 4 saturated heterocycles. The van der Waals surface area contributed by atoms with Gasteiger partial charge in [0.1, 0.15) is 49.3 Å². The predicted molar refractivity (Wildman–Crippen MR) is 258 cm³/mol. The maximum atomic E-state index is 16.5. The van der Waals surface area contributed by atoms with Gasteiger partial charge in [-0.05, 0) is 106 Å². The summed E-state index contributed by atoms with van der Waals surface area (Å²) < 4.78 is 64.3. The smallest absolute Gasteiger partial charge is 0.410 e. The second kappa shape index (κ2) is 18.3. The molecule has 1 aliphatic carbocycles. The third-order valence-electron chi connectivity index (χ3n) is 15.4. The van der Waals surface area contributed by atoms with E-state index < -0.39 is 31.2 Å². The lowest BCUT2D eigenvalue weighted by Crippen LogP contribution is -2.57. The zero-order chi connectivity index (χ0) is 47.6. The standard InChI is InChI=1S/C51H69F2N7O6Si/c1-31(2)67(32(3)4,33(5)6)22-19-40-41(53)18-15-34-23-39(64-30-62-10)24-42(43(34)40)65-48-55-45-44(60(48)36-13-11-14-36)46(56-47(54-45)63-29-51-20-12-21-58(51)26-35(52)25-51)57-27-37-16-17-38(28-57)59(37)49(61)66-50(7,8)9/h15,18,23-24,31-33,35-38H,11-14,16-17,20-21,25-30H2,1-10H3/t35-,37?,38?,51+/m1/s1. The summed E-state index contributed by atoms with van der Waals surface area (Å²) >= 11 is 0. The molecule has 4 atom stereocenters. The number of fused-ring (bicyclic) bond motifs is 5. The van der Waals surface area contributed by atoms with Crippen LogP contribution in [0.5, 0.6) is 23.5 Å². The number of aromatic nitrogens is 4. The van der Waals surface area contributed by atoms with Gasteiger partial charge < -0.3 is 28.6 Å². The van der Waals surface area contributed by atoms with E-state index >= 15 is 4.39 Å². The fourth-order valence-electron chi connectivity index (χ4n) is 12.1. The highest BCUT2D eigenvalue weighted by atomic mass is 28.3. The minimum atomic E-state index is -2.27. The SMILES string of the molecule is COCOc1cc(Oc2nc3nc(OC[C@@]45CCCN4C[C@H](F)C5)nc(N4CC5CCC(C4)N5C(=O)OC(C)(C)C)c3n2C2CCC2)c2c(C#C[Si](C(C)C)(C(C)C)C(C)C)c(F)ccc2c1. The van der Waals surface area contributed by atoms with Crippen LogP contribution in [0.2, 0.25) is 16.6 Å². The third-order valence-corrected chi connectivity index (χ3v) is 21.6. The quantitative estimate of drug-likeness (QED) is 0.0724. The van der Waals surface area contributed by atoms with Crippen LogP contribution in [-0.2, 0) is 9.47 Å². The van der Waals surface area contributed by atoms with Crippen molar-refractivity contribution in [1.82, 2.24) is 29.3 Å². The van der Waals surface area contributed by atoms with Crippen molar-refractivity contribution in [2.45, 2.75) is 166 Å². The highest BCUT2D eigenvalue weighted by Crippen LogP contribution is 2.47. The highest BCUT2D eigenvalue weighted by Gasteiger charge is 2.50. The summed E-state index contributed by atoms with van der Waals surface area (Å²) in [4.78, 5) is 35.3. The van der Waals surface area contributed by atoms with Crippen LogP contribution < -0.4 is 19.1 Å². The van der Waals surface area contributed by atoms with Gasteiger partial charge in [0, 0.05) is 50.7 Å². The molecule has 362 valence electrons. The van der Waals surface area contributed by atoms with Crippen LogP contribution >= 0.6 is 0 Å². The molecule has 4 aromatic rings. The van der Waals surface area contributed by atoms with Crippen LogP contribution in [0, 0.1) is 17.3 Å². The van der Waals surface area contributed by atoms with Gasteiger partial charge in [-0.25, -0.2) is 13.6 Å². The Morgan fingerprint density at radius 2 is 1.64 bits per heavy atom. The number of alkyl halides is 1. The fourth-order valence-corrected chi connectivity index (χ4v) is 17.3. The number of methoxy groups -OCH3 is 1. The molecule has 1 amide bonds. The number of benzene rings is 2. The monoisotopic (exact) mass is 942 g/mol. The van der Waals surface area contributed by atoms with E-state index in [2.05, 4.69) is 67.4 Å². The van der Waals surface area contributed by atoms with Crippen molar-refractivity contribution in [3.05, 3.63) is 35.6 Å². The number of nitrogens with zero attached hydrogens (tertiary/aromatic N) is 7. The number of carbonyl (C=O) groups excluding carboxylic acids is 1. The van der Waals surface area contributed by atoms with Crippen LogP contribution in [0.1, 0.15) is 125 Å². The van der Waals surface area contributed by atoms with Crippen LogP contribution in [0.25, 0.3) is 21.9 Å². The molecule has 67 heavy (non-hydrogen) atoms. The van der Waals surface area contributed by atoms with Crippen molar-refractivity contribution >= 4 is 41.9 Å². The summed E-state index contributed by atoms with van der Waals surface area (Å²) in [6.45, 7) is 21.7. The largest absolute Gasteiger partial charge is 0.467 e. The lowest BCUT2D eigenvalue weighted by molar-refractivity contribution is 0.0122. The zero-order valence-corrected chi connectivity index (χ0v) is 42.1. The van der Waals surface area contributed by atoms with Crippen LogP contribution in [0.3, 0.4) is 0 Å². The molecule has 16 heteroatoms. The molecule has 2 bridgehead atoms. The summed E-state index contributed by atoms with van der Waals surface area (Å²) in [6, 6.07) is 7.08. The summed E-state index contributed by atoms with van der Waals surface area (Å²) in [6.07, 6.45) is 5.50. The van der Waals surface area contributed by atoms with Gasteiger partial charge in [-0.15, -0.1) is 5.54 Å². The van der Waals surface area contributed by atoms with Crippen molar-refractivity contribution in [1.29, 1.82) is 0 Å². The number of hydrogen-bond donors (Lipinski definition) is 0. The summed E-state index contributed by atoms with van der Waals surface area (Å²) in [5.74, 6) is 4.45. The Kier molecular flexibility index (Phi) is 12.9. The predicted octanol–water partition coefficient (Wildman–Crippen LogP) is 10.7. The van der Waals surface area contributed by atoms with Crippen molar-refractivity contribution in [3.63, 3.8) is 0 Å². The molecule has 4 aliphatic heterocycles. The molecule has 1 saturated carbocycles. The molecular formula is C51H69F2N7O6Si. The van der Waals surface area contributed by atoms with Gasteiger partial charge in [-0.2, -0.15) is 15.0 Å². The second-order valence-electron chi connectivity index (χ2n) is 21.6. The Morgan fingerprint density at radius 3 is 2.28 bits per heavy atom. The number of rotatable bonds is 13. The Bertz CT molecular complexity index is 2530. The number of amides is 1. The normalized spacial score (nSPS) is 23.4. The number of halogens is 2. The molecule has 2 aromatic heterocycles. The maximum Gasteiger partial charge on any atom is 0.410 e. The Morgan fingerprint density at radius 1 is 0.925 bits per heavy atom. The number of piperazine rings is 1. The van der Waals surface area contributed by atoms with E-state index in [4.69, 9.17) is 38.6 Å². The molecule has 5 fully saturated rings. The number of imidazole rings is 1.